The zero-order valence-corrected chi connectivity index (χ0v) is 19.8. The first-order chi connectivity index (χ1) is 12.2. The number of unbranched alkanes of at least 4 members (excludes halogenated alkanes) is 1. The fourth-order valence-corrected chi connectivity index (χ4v) is 3.28. The standard InChI is InChI=1S/C18H32N4O3S.HI/c1-5-19-18(21-15(2)11-14-26(4,24)25)20-12-6-7-13-22-16(3)9-8-10-17(22)23;/h8-10,15H,5-7,11-14H2,1-4H3,(H2,19,20,21);1H. The molecule has 156 valence electrons. The van der Waals surface area contributed by atoms with Crippen LogP contribution in [-0.4, -0.2) is 50.1 Å². The second-order valence-electron chi connectivity index (χ2n) is 6.59. The van der Waals surface area contributed by atoms with E-state index in [4.69, 9.17) is 0 Å². The summed E-state index contributed by atoms with van der Waals surface area (Å²) in [4.78, 5) is 16.4. The van der Waals surface area contributed by atoms with E-state index < -0.39 is 9.84 Å². The van der Waals surface area contributed by atoms with Crippen LogP contribution in [0.4, 0.5) is 0 Å². The van der Waals surface area contributed by atoms with Gasteiger partial charge in [0.05, 0.1) is 5.75 Å². The quantitative estimate of drug-likeness (QED) is 0.216. The number of aliphatic imine (C=N–C) groups is 1. The number of sulfone groups is 1. The molecular formula is C18H33IN4O3S. The fraction of sp³-hybridized carbons (Fsp3) is 0.667. The normalized spacial score (nSPS) is 13.0. The van der Waals surface area contributed by atoms with Crippen LogP contribution in [0.5, 0.6) is 0 Å². The molecule has 7 nitrogen and oxygen atoms in total. The molecule has 0 bridgehead atoms. The predicted octanol–water partition coefficient (Wildman–Crippen LogP) is 1.93. The van der Waals surface area contributed by atoms with E-state index in [9.17, 15) is 13.2 Å². The van der Waals surface area contributed by atoms with E-state index in [-0.39, 0.29) is 41.3 Å². The maximum Gasteiger partial charge on any atom is 0.250 e. The number of pyridine rings is 1. The molecule has 1 aromatic rings. The molecule has 2 N–H and O–H groups in total. The summed E-state index contributed by atoms with van der Waals surface area (Å²) in [6.07, 6.45) is 3.53. The summed E-state index contributed by atoms with van der Waals surface area (Å²) in [6.45, 7) is 7.95. The number of halogens is 1. The van der Waals surface area contributed by atoms with Crippen LogP contribution in [0.2, 0.25) is 0 Å². The molecule has 0 aliphatic rings. The van der Waals surface area contributed by atoms with Crippen molar-refractivity contribution in [3.63, 3.8) is 0 Å². The van der Waals surface area contributed by atoms with Crippen molar-refractivity contribution in [3.05, 3.63) is 34.2 Å². The van der Waals surface area contributed by atoms with E-state index in [0.717, 1.165) is 25.1 Å². The van der Waals surface area contributed by atoms with Crippen LogP contribution < -0.4 is 16.2 Å². The fourth-order valence-electron chi connectivity index (χ4n) is 2.50. The Balaban J connectivity index is 0.00000676. The maximum absolute atomic E-state index is 11.8. The largest absolute Gasteiger partial charge is 0.357 e. The van der Waals surface area contributed by atoms with E-state index in [0.29, 0.717) is 25.5 Å². The third kappa shape index (κ3) is 11.4. The van der Waals surface area contributed by atoms with Crippen LogP contribution in [0, 0.1) is 6.92 Å². The molecule has 1 aromatic heterocycles. The highest BCUT2D eigenvalue weighted by Gasteiger charge is 2.09. The summed E-state index contributed by atoms with van der Waals surface area (Å²) in [7, 11) is -2.95. The molecule has 0 amide bonds. The van der Waals surface area contributed by atoms with Crippen molar-refractivity contribution in [2.24, 2.45) is 4.99 Å². The van der Waals surface area contributed by atoms with Crippen molar-refractivity contribution in [2.45, 2.75) is 52.6 Å². The highest BCUT2D eigenvalue weighted by molar-refractivity contribution is 14.0. The van der Waals surface area contributed by atoms with Crippen molar-refractivity contribution in [3.8, 4) is 0 Å². The van der Waals surface area contributed by atoms with Crippen LogP contribution in [0.3, 0.4) is 0 Å². The van der Waals surface area contributed by atoms with E-state index >= 15 is 0 Å². The van der Waals surface area contributed by atoms with Crippen molar-refractivity contribution >= 4 is 39.8 Å². The lowest BCUT2D eigenvalue weighted by Crippen LogP contribution is -2.42. The molecule has 0 saturated carbocycles. The van der Waals surface area contributed by atoms with Gasteiger partial charge in [0.2, 0.25) is 0 Å². The van der Waals surface area contributed by atoms with Gasteiger partial charge in [-0.15, -0.1) is 24.0 Å². The molecular weight excluding hydrogens is 479 g/mol. The molecule has 0 radical (unpaired) electrons. The van der Waals surface area contributed by atoms with E-state index in [1.165, 1.54) is 6.26 Å². The van der Waals surface area contributed by atoms with Gasteiger partial charge in [-0.25, -0.2) is 8.42 Å². The van der Waals surface area contributed by atoms with Crippen LogP contribution >= 0.6 is 24.0 Å². The average molecular weight is 512 g/mol. The summed E-state index contributed by atoms with van der Waals surface area (Å²) in [6, 6.07) is 5.31. The van der Waals surface area contributed by atoms with Gasteiger partial charge < -0.3 is 15.2 Å². The van der Waals surface area contributed by atoms with Gasteiger partial charge in [0.15, 0.2) is 5.96 Å². The Morgan fingerprint density at radius 1 is 1.30 bits per heavy atom. The third-order valence-corrected chi connectivity index (χ3v) is 4.95. The Labute approximate surface area is 180 Å². The number of nitrogens with zero attached hydrogens (tertiary/aromatic N) is 2. The summed E-state index contributed by atoms with van der Waals surface area (Å²) in [5.41, 5.74) is 0.999. The lowest BCUT2D eigenvalue weighted by Gasteiger charge is -2.17. The zero-order valence-electron chi connectivity index (χ0n) is 16.7. The first-order valence-electron chi connectivity index (χ1n) is 9.12. The van der Waals surface area contributed by atoms with Crippen molar-refractivity contribution in [2.75, 3.05) is 25.1 Å². The number of aromatic nitrogens is 1. The first-order valence-corrected chi connectivity index (χ1v) is 11.2. The molecule has 0 aliphatic heterocycles. The number of hydrogen-bond acceptors (Lipinski definition) is 4. The molecule has 27 heavy (non-hydrogen) atoms. The molecule has 0 fully saturated rings. The second kappa shape index (κ2) is 13.1. The van der Waals surface area contributed by atoms with Crippen LogP contribution in [-0.2, 0) is 16.4 Å². The molecule has 1 unspecified atom stereocenters. The lowest BCUT2D eigenvalue weighted by atomic mass is 10.2. The highest BCUT2D eigenvalue weighted by Crippen LogP contribution is 1.99. The maximum atomic E-state index is 11.8. The minimum absolute atomic E-state index is 0. The molecule has 0 saturated heterocycles. The molecule has 1 atom stereocenters. The topological polar surface area (TPSA) is 92.6 Å². The van der Waals surface area contributed by atoms with Crippen molar-refractivity contribution < 1.29 is 8.42 Å². The minimum atomic E-state index is -2.95. The molecule has 1 heterocycles. The number of nitrogens with one attached hydrogen (secondary N) is 2. The zero-order chi connectivity index (χ0) is 19.6. The Morgan fingerprint density at radius 3 is 2.59 bits per heavy atom. The summed E-state index contributed by atoms with van der Waals surface area (Å²) < 4.78 is 24.3. The third-order valence-electron chi connectivity index (χ3n) is 3.98. The summed E-state index contributed by atoms with van der Waals surface area (Å²) in [5.74, 6) is 0.854. The highest BCUT2D eigenvalue weighted by atomic mass is 127. The van der Waals surface area contributed by atoms with Crippen molar-refractivity contribution in [1.29, 1.82) is 0 Å². The Bertz CT molecular complexity index is 747. The molecule has 0 spiro atoms. The molecule has 0 aliphatic carbocycles. The minimum Gasteiger partial charge on any atom is -0.357 e. The van der Waals surface area contributed by atoms with Gasteiger partial charge in [-0.1, -0.05) is 6.07 Å². The monoisotopic (exact) mass is 512 g/mol. The summed E-state index contributed by atoms with van der Waals surface area (Å²) in [5, 5.41) is 6.41. The van der Waals surface area contributed by atoms with Gasteiger partial charge >= 0.3 is 0 Å². The van der Waals surface area contributed by atoms with Crippen LogP contribution in [0.1, 0.15) is 38.8 Å². The van der Waals surface area contributed by atoms with Gasteiger partial charge in [-0.2, -0.15) is 0 Å². The van der Waals surface area contributed by atoms with Gasteiger partial charge in [0, 0.05) is 43.7 Å². The summed E-state index contributed by atoms with van der Waals surface area (Å²) >= 11 is 0. The number of aryl methyl sites for hydroxylation is 1. The Morgan fingerprint density at radius 2 is 2.00 bits per heavy atom. The van der Waals surface area contributed by atoms with E-state index in [1.807, 2.05) is 26.8 Å². The number of rotatable bonds is 10. The van der Waals surface area contributed by atoms with E-state index in [2.05, 4.69) is 15.6 Å². The van der Waals surface area contributed by atoms with Gasteiger partial charge in [-0.3, -0.25) is 9.79 Å². The SMILES string of the molecule is CCNC(=NCCCCn1c(C)cccc1=O)NC(C)CCS(C)(=O)=O.I. The van der Waals surface area contributed by atoms with Gasteiger partial charge in [-0.05, 0) is 46.1 Å². The van der Waals surface area contributed by atoms with Crippen molar-refractivity contribution in [1.82, 2.24) is 15.2 Å². The number of hydrogen-bond donors (Lipinski definition) is 2. The van der Waals surface area contributed by atoms with E-state index in [1.54, 1.807) is 16.7 Å². The molecule has 9 heteroatoms. The van der Waals surface area contributed by atoms with Crippen LogP contribution in [0.15, 0.2) is 28.0 Å². The Kier molecular flexibility index (Phi) is 12.6. The van der Waals surface area contributed by atoms with Crippen LogP contribution in [0.25, 0.3) is 0 Å². The first kappa shape index (κ1) is 25.9. The predicted molar refractivity (Wildman–Crippen MR) is 123 cm³/mol. The van der Waals surface area contributed by atoms with Gasteiger partial charge in [0.1, 0.15) is 9.84 Å². The average Bonchev–Trinajstić information content (AvgIpc) is 2.54. The molecule has 0 aromatic carbocycles. The number of guanidine groups is 1. The Hall–Kier alpha value is -1.10. The molecule has 1 rings (SSSR count). The second-order valence-corrected chi connectivity index (χ2v) is 8.85. The lowest BCUT2D eigenvalue weighted by molar-refractivity contribution is 0.576. The van der Waals surface area contributed by atoms with Gasteiger partial charge in [0.25, 0.3) is 5.56 Å². The smallest absolute Gasteiger partial charge is 0.250 e.